The molecule has 4 aromatic rings. The molecule has 28 heavy (non-hydrogen) atoms. The van der Waals surface area contributed by atoms with Crippen molar-refractivity contribution in [1.29, 1.82) is 5.26 Å². The van der Waals surface area contributed by atoms with Crippen molar-refractivity contribution in [3.05, 3.63) is 63.8 Å². The van der Waals surface area contributed by atoms with Crippen molar-refractivity contribution in [3.8, 4) is 16.5 Å². The van der Waals surface area contributed by atoms with Gasteiger partial charge in [0.1, 0.15) is 17.6 Å². The van der Waals surface area contributed by atoms with Crippen molar-refractivity contribution in [2.24, 2.45) is 0 Å². The molecule has 4 rings (SSSR count). The molecule has 0 amide bonds. The molecule has 0 fully saturated rings. The topological polar surface area (TPSA) is 116 Å². The molecule has 0 aliphatic carbocycles. The average molecular weight is 408 g/mol. The van der Waals surface area contributed by atoms with E-state index in [4.69, 9.17) is 16.2 Å². The largest absolute Gasteiger partial charge is 0.457 e. The average Bonchev–Trinajstić information content (AvgIpc) is 3.34. The maximum atomic E-state index is 12.6. The van der Waals surface area contributed by atoms with Crippen LogP contribution in [0, 0.1) is 11.3 Å². The molecule has 138 valence electrons. The molecular formula is C20H15N4O2S2+. The highest BCUT2D eigenvalue weighted by atomic mass is 32.1. The van der Waals surface area contributed by atoms with Gasteiger partial charge in [0.15, 0.2) is 10.4 Å². The number of benzene rings is 1. The van der Waals surface area contributed by atoms with Crippen LogP contribution >= 0.6 is 22.7 Å². The van der Waals surface area contributed by atoms with Crippen molar-refractivity contribution >= 4 is 50.4 Å². The first-order valence-electron chi connectivity index (χ1n) is 8.32. The van der Waals surface area contributed by atoms with Crippen LogP contribution in [0.15, 0.2) is 47.8 Å². The number of thiophene rings is 2. The lowest BCUT2D eigenvalue weighted by Gasteiger charge is -2.05. The minimum Gasteiger partial charge on any atom is -0.457 e. The highest BCUT2D eigenvalue weighted by molar-refractivity contribution is 7.21. The van der Waals surface area contributed by atoms with Gasteiger partial charge in [-0.2, -0.15) is 5.26 Å². The Hall–Kier alpha value is -3.41. The van der Waals surface area contributed by atoms with Gasteiger partial charge >= 0.3 is 5.97 Å². The number of nitrogens with one attached hydrogen (secondary N) is 1. The van der Waals surface area contributed by atoms with Crippen LogP contribution < -0.4 is 16.5 Å². The van der Waals surface area contributed by atoms with E-state index < -0.39 is 5.97 Å². The van der Waals surface area contributed by atoms with E-state index in [2.05, 4.69) is 11.1 Å². The first-order chi connectivity index (χ1) is 13.6. The lowest BCUT2D eigenvalue weighted by Crippen LogP contribution is -2.13. The lowest BCUT2D eigenvalue weighted by molar-refractivity contribution is -0.323. The molecule has 0 radical (unpaired) electrons. The monoisotopic (exact) mass is 407 g/mol. The molecule has 0 unspecified atom stereocenters. The van der Waals surface area contributed by atoms with Gasteiger partial charge in [0, 0.05) is 10.4 Å². The molecule has 0 aliphatic rings. The third-order valence-electron chi connectivity index (χ3n) is 4.24. The van der Waals surface area contributed by atoms with Gasteiger partial charge in [0.2, 0.25) is 0 Å². The summed E-state index contributed by atoms with van der Waals surface area (Å²) in [5, 5.41) is 12.1. The Bertz CT molecular complexity index is 1210. The quantitative estimate of drug-likeness (QED) is 0.499. The molecule has 0 saturated heterocycles. The van der Waals surface area contributed by atoms with E-state index in [9.17, 15) is 10.1 Å². The summed E-state index contributed by atoms with van der Waals surface area (Å²) in [5.41, 5.74) is 14.5. The molecule has 6 nitrogen and oxygen atoms in total. The molecule has 0 spiro atoms. The van der Waals surface area contributed by atoms with Crippen LogP contribution in [0.25, 0.3) is 20.7 Å². The highest BCUT2D eigenvalue weighted by Crippen LogP contribution is 2.42. The Morgan fingerprint density at radius 2 is 1.96 bits per heavy atom. The predicted molar refractivity (Wildman–Crippen MR) is 111 cm³/mol. The first-order valence-corrected chi connectivity index (χ1v) is 10.0. The number of anilines is 2. The highest BCUT2D eigenvalue weighted by Gasteiger charge is 2.27. The molecule has 0 atom stereocenters. The summed E-state index contributed by atoms with van der Waals surface area (Å²) in [7, 11) is 0. The van der Waals surface area contributed by atoms with E-state index >= 15 is 0 Å². The van der Waals surface area contributed by atoms with Gasteiger partial charge in [-0.05, 0) is 17.0 Å². The summed E-state index contributed by atoms with van der Waals surface area (Å²) in [6, 6.07) is 15.3. The maximum absolute atomic E-state index is 12.6. The number of ether oxygens (including phenoxy) is 1. The number of nitrogen functional groups attached to an aromatic ring is 2. The molecule has 3 aromatic heterocycles. The molecule has 0 aliphatic heterocycles. The minimum absolute atomic E-state index is 0.153. The number of aromatic nitrogens is 1. The molecule has 3 heterocycles. The number of H-pyrrole nitrogens is 1. The van der Waals surface area contributed by atoms with Gasteiger partial charge < -0.3 is 10.5 Å². The number of nitrogens with zero attached hydrogens (tertiary/aromatic N) is 1. The second-order valence-electron chi connectivity index (χ2n) is 5.99. The number of fused-ring (bicyclic) bond motifs is 1. The van der Waals surface area contributed by atoms with Crippen molar-refractivity contribution in [1.82, 2.24) is 0 Å². The van der Waals surface area contributed by atoms with Crippen molar-refractivity contribution < 1.29 is 14.5 Å². The van der Waals surface area contributed by atoms with E-state index in [1.54, 1.807) is 0 Å². The van der Waals surface area contributed by atoms with Crippen LogP contribution in [-0.2, 0) is 11.3 Å². The number of aromatic amines is 1. The zero-order chi connectivity index (χ0) is 19.7. The summed E-state index contributed by atoms with van der Waals surface area (Å²) >= 11 is 2.65. The van der Waals surface area contributed by atoms with Gasteiger partial charge in [-0.25, -0.2) is 9.78 Å². The van der Waals surface area contributed by atoms with E-state index in [1.165, 1.54) is 22.7 Å². The van der Waals surface area contributed by atoms with E-state index in [-0.39, 0.29) is 23.0 Å². The fourth-order valence-electron chi connectivity index (χ4n) is 2.95. The van der Waals surface area contributed by atoms with Crippen LogP contribution in [0.3, 0.4) is 0 Å². The Kier molecular flexibility index (Phi) is 4.69. The van der Waals surface area contributed by atoms with Crippen molar-refractivity contribution in [2.45, 2.75) is 6.61 Å². The third kappa shape index (κ3) is 3.07. The zero-order valence-corrected chi connectivity index (χ0v) is 16.2. The Morgan fingerprint density at radius 1 is 1.18 bits per heavy atom. The van der Waals surface area contributed by atoms with Gasteiger partial charge in [-0.3, -0.25) is 5.73 Å². The van der Waals surface area contributed by atoms with Crippen LogP contribution in [0.5, 0.6) is 0 Å². The smallest absolute Gasteiger partial charge is 0.350 e. The summed E-state index contributed by atoms with van der Waals surface area (Å²) in [6.07, 6.45) is 0. The maximum Gasteiger partial charge on any atom is 0.350 e. The summed E-state index contributed by atoms with van der Waals surface area (Å²) < 4.78 is 5.43. The number of rotatable bonds is 4. The van der Waals surface area contributed by atoms with Crippen LogP contribution in [0.2, 0.25) is 0 Å². The number of esters is 1. The second-order valence-corrected chi connectivity index (χ2v) is 7.96. The van der Waals surface area contributed by atoms with Gasteiger partial charge in [-0.1, -0.05) is 47.7 Å². The van der Waals surface area contributed by atoms with E-state index in [0.29, 0.717) is 21.3 Å². The zero-order valence-electron chi connectivity index (χ0n) is 14.6. The van der Waals surface area contributed by atoms with Crippen LogP contribution in [0.4, 0.5) is 11.5 Å². The number of carbonyl (C=O) groups excluding carboxylic acids is 1. The SMILES string of the molecule is N#Cc1c(N)[nH+]c2sc(C(=O)OCc3ccccc3)c(N)c2c1-c1cccs1. The standard InChI is InChI=1S/C20H14N4O2S2/c21-9-12-14(13-7-4-8-27-13)15-16(22)17(28-19(15)24-18(12)23)20(25)26-10-11-5-2-1-3-6-11/h1-8H,10,22H2,(H2,23,24)/p+1. The fourth-order valence-corrected chi connectivity index (χ4v) is 4.76. The molecule has 5 N–H and O–H groups in total. The molecular weight excluding hydrogens is 392 g/mol. The Balaban J connectivity index is 1.80. The molecule has 1 aromatic carbocycles. The number of nitriles is 1. The number of hydrogen-bond acceptors (Lipinski definition) is 7. The number of carbonyl (C=O) groups is 1. The summed E-state index contributed by atoms with van der Waals surface area (Å²) in [4.78, 5) is 17.4. The van der Waals surface area contributed by atoms with Crippen LogP contribution in [0.1, 0.15) is 20.8 Å². The second kappa shape index (κ2) is 7.31. The predicted octanol–water partition coefficient (Wildman–Crippen LogP) is 3.84. The van der Waals surface area contributed by atoms with Crippen molar-refractivity contribution in [2.75, 3.05) is 11.5 Å². The summed E-state index contributed by atoms with van der Waals surface area (Å²) in [5.74, 6) is -0.269. The number of nitrogens with two attached hydrogens (primary N) is 2. The first kappa shape index (κ1) is 18.0. The molecule has 0 saturated carbocycles. The summed E-state index contributed by atoms with van der Waals surface area (Å²) in [6.45, 7) is 0.153. The minimum atomic E-state index is -0.509. The molecule has 0 bridgehead atoms. The van der Waals surface area contributed by atoms with Crippen LogP contribution in [-0.4, -0.2) is 5.97 Å². The fraction of sp³-hybridized carbons (Fsp3) is 0.0500. The Labute approximate surface area is 168 Å². The number of pyridine rings is 1. The van der Waals surface area contributed by atoms with Gasteiger partial charge in [0.25, 0.3) is 5.82 Å². The third-order valence-corrected chi connectivity index (χ3v) is 6.23. The van der Waals surface area contributed by atoms with Crippen molar-refractivity contribution in [3.63, 3.8) is 0 Å². The van der Waals surface area contributed by atoms with E-state index in [1.807, 2.05) is 47.8 Å². The Morgan fingerprint density at radius 3 is 2.64 bits per heavy atom. The lowest BCUT2D eigenvalue weighted by atomic mass is 10.0. The molecule has 8 heteroatoms. The van der Waals surface area contributed by atoms with E-state index in [0.717, 1.165) is 10.4 Å². The normalized spacial score (nSPS) is 10.7. The van der Waals surface area contributed by atoms with Gasteiger partial charge in [-0.15, -0.1) is 11.3 Å². The van der Waals surface area contributed by atoms with Gasteiger partial charge in [0.05, 0.1) is 11.1 Å². The number of hydrogen-bond donors (Lipinski definition) is 2.